The molecule has 0 spiro atoms. The lowest BCUT2D eigenvalue weighted by Gasteiger charge is -2.34. The summed E-state index contributed by atoms with van der Waals surface area (Å²) in [6.07, 6.45) is 3.12. The SMILES string of the molecule is CC1CC(C)CC(C(O)c2ccc(Cl)cc2Br)C1. The molecule has 1 aromatic rings. The van der Waals surface area contributed by atoms with Crippen LogP contribution in [0.1, 0.15) is 44.8 Å². The first-order chi connectivity index (χ1) is 8.47. The van der Waals surface area contributed by atoms with Crippen molar-refractivity contribution in [2.75, 3.05) is 0 Å². The van der Waals surface area contributed by atoms with Crippen molar-refractivity contribution in [3.8, 4) is 0 Å². The molecule has 1 aliphatic rings. The second kappa shape index (κ2) is 5.94. The predicted octanol–water partition coefficient (Wildman–Crippen LogP) is 5.21. The van der Waals surface area contributed by atoms with Crippen molar-refractivity contribution in [2.45, 2.75) is 39.2 Å². The molecule has 18 heavy (non-hydrogen) atoms. The fraction of sp³-hybridized carbons (Fsp3) is 0.600. The number of halogens is 2. The highest BCUT2D eigenvalue weighted by Gasteiger charge is 2.30. The normalized spacial score (nSPS) is 30.2. The Bertz CT molecular complexity index is 411. The average Bonchev–Trinajstić information content (AvgIpc) is 2.26. The third-order valence-corrected chi connectivity index (χ3v) is 4.86. The Morgan fingerprint density at radius 2 is 1.83 bits per heavy atom. The highest BCUT2D eigenvalue weighted by atomic mass is 79.9. The predicted molar refractivity (Wildman–Crippen MR) is 79.8 cm³/mol. The minimum absolute atomic E-state index is 0.362. The molecule has 1 aliphatic carbocycles. The molecule has 0 amide bonds. The molecule has 3 unspecified atom stereocenters. The summed E-state index contributed by atoms with van der Waals surface area (Å²) >= 11 is 9.44. The van der Waals surface area contributed by atoms with Crippen molar-refractivity contribution in [1.29, 1.82) is 0 Å². The zero-order chi connectivity index (χ0) is 13.3. The van der Waals surface area contributed by atoms with E-state index in [1.165, 1.54) is 6.42 Å². The van der Waals surface area contributed by atoms with E-state index in [9.17, 15) is 5.11 Å². The summed E-state index contributed by atoms with van der Waals surface area (Å²) in [5.74, 6) is 1.78. The van der Waals surface area contributed by atoms with Crippen LogP contribution in [-0.2, 0) is 0 Å². The Hall–Kier alpha value is -0.0500. The molecule has 0 bridgehead atoms. The van der Waals surface area contributed by atoms with Gasteiger partial charge in [0, 0.05) is 9.50 Å². The highest BCUT2D eigenvalue weighted by molar-refractivity contribution is 9.10. The molecule has 1 nitrogen and oxygen atoms in total. The van der Waals surface area contributed by atoms with E-state index >= 15 is 0 Å². The third kappa shape index (κ3) is 3.28. The van der Waals surface area contributed by atoms with E-state index in [-0.39, 0.29) is 6.10 Å². The Labute approximate surface area is 123 Å². The van der Waals surface area contributed by atoms with E-state index in [0.717, 1.165) is 22.9 Å². The van der Waals surface area contributed by atoms with Crippen LogP contribution in [0.15, 0.2) is 22.7 Å². The third-order valence-electron chi connectivity index (χ3n) is 3.94. The Morgan fingerprint density at radius 1 is 1.22 bits per heavy atom. The first-order valence-corrected chi connectivity index (χ1v) is 7.77. The topological polar surface area (TPSA) is 20.2 Å². The Morgan fingerprint density at radius 3 is 2.39 bits per heavy atom. The first-order valence-electron chi connectivity index (χ1n) is 6.60. The highest BCUT2D eigenvalue weighted by Crippen LogP contribution is 2.41. The van der Waals surface area contributed by atoms with Crippen LogP contribution in [0.4, 0.5) is 0 Å². The van der Waals surface area contributed by atoms with Gasteiger partial charge in [-0.3, -0.25) is 0 Å². The van der Waals surface area contributed by atoms with Crippen LogP contribution in [0, 0.1) is 17.8 Å². The average molecular weight is 332 g/mol. The number of hydrogen-bond donors (Lipinski definition) is 1. The van der Waals surface area contributed by atoms with Gasteiger partial charge in [0.05, 0.1) is 6.10 Å². The standard InChI is InChI=1S/C15H20BrClO/c1-9-5-10(2)7-11(6-9)15(18)13-4-3-12(17)8-14(13)16/h3-4,8-11,15,18H,5-7H2,1-2H3. The van der Waals surface area contributed by atoms with Crippen LogP contribution in [0.25, 0.3) is 0 Å². The van der Waals surface area contributed by atoms with Crippen LogP contribution in [0.5, 0.6) is 0 Å². The van der Waals surface area contributed by atoms with Gasteiger partial charge < -0.3 is 5.11 Å². The molecule has 1 saturated carbocycles. The van der Waals surface area contributed by atoms with Gasteiger partial charge in [-0.1, -0.05) is 47.4 Å². The fourth-order valence-electron chi connectivity index (χ4n) is 3.26. The van der Waals surface area contributed by atoms with Gasteiger partial charge in [-0.25, -0.2) is 0 Å². The smallest absolute Gasteiger partial charge is 0.0829 e. The molecule has 1 fully saturated rings. The summed E-state index contributed by atoms with van der Waals surface area (Å²) in [7, 11) is 0. The van der Waals surface area contributed by atoms with E-state index < -0.39 is 0 Å². The van der Waals surface area contributed by atoms with Crippen molar-refractivity contribution in [3.05, 3.63) is 33.3 Å². The zero-order valence-electron chi connectivity index (χ0n) is 10.9. The van der Waals surface area contributed by atoms with Crippen LogP contribution in [-0.4, -0.2) is 5.11 Å². The molecule has 0 aromatic heterocycles. The lowest BCUT2D eigenvalue weighted by molar-refractivity contribution is 0.0547. The van der Waals surface area contributed by atoms with Crippen molar-refractivity contribution in [1.82, 2.24) is 0 Å². The van der Waals surface area contributed by atoms with Gasteiger partial charge in [0.25, 0.3) is 0 Å². The van der Waals surface area contributed by atoms with E-state index in [1.54, 1.807) is 0 Å². The van der Waals surface area contributed by atoms with Crippen molar-refractivity contribution in [2.24, 2.45) is 17.8 Å². The lowest BCUT2D eigenvalue weighted by atomic mass is 9.73. The summed E-state index contributed by atoms with van der Waals surface area (Å²) in [6, 6.07) is 5.64. The molecular formula is C15H20BrClO. The van der Waals surface area contributed by atoms with Crippen LogP contribution >= 0.6 is 27.5 Å². The number of aliphatic hydroxyl groups excluding tert-OH is 1. The molecule has 2 rings (SSSR count). The number of aliphatic hydroxyl groups is 1. The van der Waals surface area contributed by atoms with E-state index in [0.29, 0.717) is 22.8 Å². The molecule has 0 radical (unpaired) electrons. The largest absolute Gasteiger partial charge is 0.388 e. The minimum Gasteiger partial charge on any atom is -0.388 e. The molecule has 1 aromatic carbocycles. The molecule has 3 heteroatoms. The molecule has 100 valence electrons. The summed E-state index contributed by atoms with van der Waals surface area (Å²) in [6.45, 7) is 4.57. The van der Waals surface area contributed by atoms with Gasteiger partial charge in [-0.15, -0.1) is 0 Å². The number of benzene rings is 1. The van der Waals surface area contributed by atoms with Crippen molar-refractivity contribution >= 4 is 27.5 Å². The fourth-order valence-corrected chi connectivity index (χ4v) is 4.18. The number of hydrogen-bond acceptors (Lipinski definition) is 1. The summed E-state index contributed by atoms with van der Waals surface area (Å²) in [5, 5.41) is 11.3. The molecular weight excluding hydrogens is 312 g/mol. The van der Waals surface area contributed by atoms with Gasteiger partial charge in [-0.05, 0) is 54.7 Å². The second-order valence-electron chi connectivity index (χ2n) is 5.79. The summed E-state index contributed by atoms with van der Waals surface area (Å²) in [4.78, 5) is 0. The molecule has 0 aliphatic heterocycles. The van der Waals surface area contributed by atoms with E-state index in [2.05, 4.69) is 29.8 Å². The van der Waals surface area contributed by atoms with E-state index in [1.807, 2.05) is 18.2 Å². The molecule has 0 heterocycles. The van der Waals surface area contributed by atoms with Gasteiger partial charge in [0.1, 0.15) is 0 Å². The Balaban J connectivity index is 2.17. The quantitative estimate of drug-likeness (QED) is 0.789. The van der Waals surface area contributed by atoms with Gasteiger partial charge in [-0.2, -0.15) is 0 Å². The maximum absolute atomic E-state index is 10.6. The summed E-state index contributed by atoms with van der Waals surface area (Å²) < 4.78 is 0.911. The van der Waals surface area contributed by atoms with Crippen LogP contribution in [0.3, 0.4) is 0 Å². The van der Waals surface area contributed by atoms with Crippen molar-refractivity contribution < 1.29 is 5.11 Å². The van der Waals surface area contributed by atoms with Crippen LogP contribution in [0.2, 0.25) is 5.02 Å². The van der Waals surface area contributed by atoms with Gasteiger partial charge in [0.2, 0.25) is 0 Å². The lowest BCUT2D eigenvalue weighted by Crippen LogP contribution is -2.24. The molecule has 3 atom stereocenters. The van der Waals surface area contributed by atoms with Gasteiger partial charge >= 0.3 is 0 Å². The monoisotopic (exact) mass is 330 g/mol. The van der Waals surface area contributed by atoms with E-state index in [4.69, 9.17) is 11.6 Å². The van der Waals surface area contributed by atoms with Crippen molar-refractivity contribution in [3.63, 3.8) is 0 Å². The first kappa shape index (κ1) is 14.4. The summed E-state index contributed by atoms with van der Waals surface area (Å²) in [5.41, 5.74) is 0.964. The molecule has 1 N–H and O–H groups in total. The second-order valence-corrected chi connectivity index (χ2v) is 7.08. The van der Waals surface area contributed by atoms with Gasteiger partial charge in [0.15, 0.2) is 0 Å². The maximum Gasteiger partial charge on any atom is 0.0829 e. The maximum atomic E-state index is 10.6. The zero-order valence-corrected chi connectivity index (χ0v) is 13.2. The Kier molecular flexibility index (Phi) is 4.74. The molecule has 0 saturated heterocycles. The minimum atomic E-state index is -0.387. The van der Waals surface area contributed by atoms with Crippen LogP contribution < -0.4 is 0 Å². The number of rotatable bonds is 2.